The summed E-state index contributed by atoms with van der Waals surface area (Å²) in [6, 6.07) is 19.2. The maximum absolute atomic E-state index is 13.5. The molecule has 3 heterocycles. The molecule has 0 aliphatic heterocycles. The molecule has 5 rings (SSSR count). The maximum Gasteiger partial charge on any atom is 0.436 e. The first kappa shape index (κ1) is 30.2. The van der Waals surface area contributed by atoms with Crippen LogP contribution in [0, 0.1) is 0 Å². The van der Waals surface area contributed by atoms with Crippen LogP contribution in [-0.2, 0) is 15.0 Å². The van der Waals surface area contributed by atoms with E-state index in [9.17, 15) is 19.2 Å². The highest BCUT2D eigenvalue weighted by Gasteiger charge is 2.28. The van der Waals surface area contributed by atoms with Crippen LogP contribution in [0.15, 0.2) is 79.1 Å². The highest BCUT2D eigenvalue weighted by molar-refractivity contribution is 7.20. The Hall–Kier alpha value is -5.27. The molecule has 44 heavy (non-hydrogen) atoms. The lowest BCUT2D eigenvalue weighted by Gasteiger charge is -2.26. The molecule has 3 aromatic heterocycles. The molecule has 226 valence electrons. The Morgan fingerprint density at radius 3 is 2.41 bits per heavy atom. The zero-order valence-corrected chi connectivity index (χ0v) is 25.0. The highest BCUT2D eigenvalue weighted by Crippen LogP contribution is 2.33. The first-order valence-corrected chi connectivity index (χ1v) is 14.4. The molecular formula is C31H30N6O6S. The van der Waals surface area contributed by atoms with Gasteiger partial charge in [-0.3, -0.25) is 14.4 Å². The second-order valence-electron chi connectivity index (χ2n) is 10.2. The summed E-state index contributed by atoms with van der Waals surface area (Å²) >= 11 is 1.03. The van der Waals surface area contributed by atoms with Gasteiger partial charge in [-0.1, -0.05) is 42.5 Å². The summed E-state index contributed by atoms with van der Waals surface area (Å²) < 4.78 is 11.2. The quantitative estimate of drug-likeness (QED) is 0.157. The van der Waals surface area contributed by atoms with Crippen molar-refractivity contribution in [1.29, 1.82) is 0 Å². The normalized spacial score (nSPS) is 11.2. The smallest absolute Gasteiger partial charge is 0.436 e. The van der Waals surface area contributed by atoms with E-state index in [-0.39, 0.29) is 36.2 Å². The number of para-hydroxylation sites is 1. The van der Waals surface area contributed by atoms with Gasteiger partial charge in [-0.05, 0) is 43.7 Å². The SMILES string of the molecule is COCCOC(=O)n1nc(NC(=O)c2ccccc2NC(=O)c2cc[nH]c2)c2cc(C(=O)NC(C)(C)c3ccccc3)sc21. The molecule has 0 fully saturated rings. The van der Waals surface area contributed by atoms with Crippen molar-refractivity contribution in [3.8, 4) is 0 Å². The van der Waals surface area contributed by atoms with Gasteiger partial charge in [0.25, 0.3) is 17.7 Å². The van der Waals surface area contributed by atoms with Crippen LogP contribution in [0.5, 0.6) is 0 Å². The Morgan fingerprint density at radius 2 is 1.68 bits per heavy atom. The predicted molar refractivity (Wildman–Crippen MR) is 166 cm³/mol. The minimum atomic E-state index is -0.801. The number of carbonyl (C=O) groups excluding carboxylic acids is 4. The molecule has 0 atom stereocenters. The Balaban J connectivity index is 1.45. The van der Waals surface area contributed by atoms with Crippen LogP contribution in [0.25, 0.3) is 10.2 Å². The third kappa shape index (κ3) is 6.53. The van der Waals surface area contributed by atoms with Crippen LogP contribution >= 0.6 is 11.3 Å². The number of carbonyl (C=O) groups is 4. The number of H-pyrrole nitrogens is 1. The molecule has 0 aliphatic carbocycles. The fourth-order valence-electron chi connectivity index (χ4n) is 4.41. The number of aromatic nitrogens is 3. The van der Waals surface area contributed by atoms with Crippen molar-refractivity contribution in [3.63, 3.8) is 0 Å². The largest absolute Gasteiger partial charge is 0.445 e. The number of anilines is 2. The van der Waals surface area contributed by atoms with Crippen LogP contribution in [-0.4, -0.2) is 58.9 Å². The average molecular weight is 615 g/mol. The molecule has 0 bridgehead atoms. The van der Waals surface area contributed by atoms with E-state index in [1.54, 1.807) is 48.8 Å². The minimum Gasteiger partial charge on any atom is -0.445 e. The van der Waals surface area contributed by atoms with Gasteiger partial charge in [0.1, 0.15) is 11.4 Å². The fraction of sp³-hybridized carbons (Fsp3) is 0.194. The molecule has 0 spiro atoms. The van der Waals surface area contributed by atoms with Crippen LogP contribution in [0.3, 0.4) is 0 Å². The van der Waals surface area contributed by atoms with E-state index in [1.165, 1.54) is 7.11 Å². The molecule has 0 unspecified atom stereocenters. The highest BCUT2D eigenvalue weighted by atomic mass is 32.1. The number of aromatic amines is 1. The van der Waals surface area contributed by atoms with Crippen molar-refractivity contribution in [3.05, 3.63) is 101 Å². The van der Waals surface area contributed by atoms with E-state index >= 15 is 0 Å². The number of fused-ring (bicyclic) bond motifs is 1. The van der Waals surface area contributed by atoms with Crippen LogP contribution in [0.2, 0.25) is 0 Å². The number of thiophene rings is 1. The van der Waals surface area contributed by atoms with E-state index < -0.39 is 23.4 Å². The lowest BCUT2D eigenvalue weighted by Crippen LogP contribution is -2.40. The summed E-state index contributed by atoms with van der Waals surface area (Å²) in [5.41, 5.74) is 1.06. The monoisotopic (exact) mass is 614 g/mol. The fourth-order valence-corrected chi connectivity index (χ4v) is 5.40. The van der Waals surface area contributed by atoms with Crippen molar-refractivity contribution in [2.45, 2.75) is 19.4 Å². The lowest BCUT2D eigenvalue weighted by atomic mass is 9.94. The number of amides is 3. The minimum absolute atomic E-state index is 0.0173. The van der Waals surface area contributed by atoms with Crippen molar-refractivity contribution in [1.82, 2.24) is 20.1 Å². The van der Waals surface area contributed by atoms with Crippen molar-refractivity contribution in [2.75, 3.05) is 31.0 Å². The molecule has 0 aliphatic rings. The third-order valence-corrected chi connectivity index (χ3v) is 7.81. The summed E-state index contributed by atoms with van der Waals surface area (Å²) in [6.07, 6.45) is 2.36. The van der Waals surface area contributed by atoms with Crippen LogP contribution in [0.1, 0.15) is 49.8 Å². The Labute approximate surface area is 256 Å². The zero-order valence-electron chi connectivity index (χ0n) is 24.2. The van der Waals surface area contributed by atoms with Gasteiger partial charge in [0.2, 0.25) is 0 Å². The van der Waals surface area contributed by atoms with Gasteiger partial charge in [-0.15, -0.1) is 16.4 Å². The number of benzene rings is 2. The molecule has 0 saturated heterocycles. The number of hydrogen-bond acceptors (Lipinski definition) is 8. The van der Waals surface area contributed by atoms with Gasteiger partial charge in [-0.2, -0.15) is 4.68 Å². The summed E-state index contributed by atoms with van der Waals surface area (Å²) in [6.45, 7) is 3.94. The van der Waals surface area contributed by atoms with Gasteiger partial charge in [0.15, 0.2) is 5.82 Å². The molecule has 3 amide bonds. The van der Waals surface area contributed by atoms with Gasteiger partial charge < -0.3 is 30.4 Å². The Morgan fingerprint density at radius 1 is 0.932 bits per heavy atom. The zero-order chi connectivity index (χ0) is 31.3. The number of hydrogen-bond donors (Lipinski definition) is 4. The summed E-state index contributed by atoms with van der Waals surface area (Å²) in [4.78, 5) is 55.9. The van der Waals surface area contributed by atoms with Crippen molar-refractivity contribution in [2.24, 2.45) is 0 Å². The van der Waals surface area contributed by atoms with Gasteiger partial charge in [0.05, 0.1) is 39.2 Å². The molecular weight excluding hydrogens is 584 g/mol. The molecule has 13 heteroatoms. The van der Waals surface area contributed by atoms with Crippen molar-refractivity contribution < 1.29 is 28.7 Å². The van der Waals surface area contributed by atoms with Crippen LogP contribution in [0.4, 0.5) is 16.3 Å². The molecule has 4 N–H and O–H groups in total. The van der Waals surface area contributed by atoms with E-state index in [0.717, 1.165) is 21.6 Å². The molecule has 12 nitrogen and oxygen atoms in total. The lowest BCUT2D eigenvalue weighted by molar-refractivity contribution is 0.0914. The van der Waals surface area contributed by atoms with E-state index in [1.807, 2.05) is 44.2 Å². The maximum atomic E-state index is 13.5. The molecule has 2 aromatic carbocycles. The third-order valence-electron chi connectivity index (χ3n) is 6.70. The number of rotatable bonds is 10. The van der Waals surface area contributed by atoms with E-state index in [0.29, 0.717) is 20.7 Å². The van der Waals surface area contributed by atoms with Crippen LogP contribution < -0.4 is 16.0 Å². The number of ether oxygens (including phenoxy) is 2. The Kier molecular flexibility index (Phi) is 8.88. The average Bonchev–Trinajstić information content (AvgIpc) is 3.77. The molecule has 0 saturated carbocycles. The van der Waals surface area contributed by atoms with Gasteiger partial charge in [0, 0.05) is 19.5 Å². The molecule has 5 aromatic rings. The van der Waals surface area contributed by atoms with E-state index in [4.69, 9.17) is 9.47 Å². The molecule has 0 radical (unpaired) electrons. The topological polar surface area (TPSA) is 156 Å². The standard InChI is InChI=1S/C31H30N6O6S/c1-31(2,20-9-5-4-6-10-20)35-28(40)24-17-22-25(36-37(29(22)44-24)30(41)43-16-15-42-3)34-27(39)21-11-7-8-12-23(21)33-26(38)19-13-14-32-18-19/h4-14,17-18,32H,15-16H2,1-3H3,(H,33,38)(H,35,40)(H,34,36,39). The number of methoxy groups -OCH3 is 1. The second-order valence-corrected chi connectivity index (χ2v) is 11.2. The summed E-state index contributed by atoms with van der Waals surface area (Å²) in [5.74, 6) is -1.31. The predicted octanol–water partition coefficient (Wildman–Crippen LogP) is 5.23. The number of nitrogens with one attached hydrogen (secondary N) is 4. The summed E-state index contributed by atoms with van der Waals surface area (Å²) in [5, 5.41) is 13.2. The van der Waals surface area contributed by atoms with Gasteiger partial charge in [-0.25, -0.2) is 4.79 Å². The van der Waals surface area contributed by atoms with Gasteiger partial charge >= 0.3 is 6.09 Å². The first-order chi connectivity index (χ1) is 21.2. The second kappa shape index (κ2) is 12.9. The van der Waals surface area contributed by atoms with Crippen molar-refractivity contribution >= 4 is 56.9 Å². The Bertz CT molecular complexity index is 1810. The number of nitrogens with zero attached hydrogens (tertiary/aromatic N) is 2. The van der Waals surface area contributed by atoms with E-state index in [2.05, 4.69) is 26.0 Å². The first-order valence-electron chi connectivity index (χ1n) is 13.6. The summed E-state index contributed by atoms with van der Waals surface area (Å²) in [7, 11) is 1.48.